The molecule has 1 aromatic rings. The maximum absolute atomic E-state index is 11.9. The number of carbonyl (C=O) groups excluding carboxylic acids is 1. The summed E-state index contributed by atoms with van der Waals surface area (Å²) in [6.07, 6.45) is 6.81. The molecule has 100 valence electrons. The van der Waals surface area contributed by atoms with Crippen molar-refractivity contribution in [2.75, 3.05) is 13.7 Å². The van der Waals surface area contributed by atoms with Gasteiger partial charge in [-0.05, 0) is 6.42 Å². The number of unbranched alkanes of at least 4 members (excludes halogenated alkanes) is 1. The summed E-state index contributed by atoms with van der Waals surface area (Å²) in [5.41, 5.74) is 0. The number of methoxy groups -OCH3 is 1. The number of ether oxygens (including phenoxy) is 1. The largest absolute Gasteiger partial charge is 0.468 e. The van der Waals surface area contributed by atoms with Gasteiger partial charge in [0.15, 0.2) is 0 Å². The maximum Gasteiger partial charge on any atom is 0.323 e. The van der Waals surface area contributed by atoms with Crippen LogP contribution in [0.2, 0.25) is 0 Å². The molecule has 0 saturated carbocycles. The zero-order valence-electron chi connectivity index (χ0n) is 11.1. The molecule has 5 heteroatoms. The third kappa shape index (κ3) is 2.72. The summed E-state index contributed by atoms with van der Waals surface area (Å²) >= 11 is 0. The van der Waals surface area contributed by atoms with Gasteiger partial charge < -0.3 is 9.30 Å². The zero-order valence-corrected chi connectivity index (χ0v) is 11.1. The number of fused-ring (bicyclic) bond motifs is 1. The molecule has 0 bridgehead atoms. The summed E-state index contributed by atoms with van der Waals surface area (Å²) in [6, 6.07) is -0.125. The number of imidazole rings is 1. The molecule has 1 aliphatic rings. The molecule has 0 saturated heterocycles. The second-order valence-corrected chi connectivity index (χ2v) is 4.69. The van der Waals surface area contributed by atoms with Gasteiger partial charge in [0.1, 0.15) is 11.9 Å². The molecule has 1 aliphatic heterocycles. The number of hydrogen-bond acceptors (Lipinski definition) is 4. The Bertz CT molecular complexity index is 403. The van der Waals surface area contributed by atoms with Gasteiger partial charge in [-0.3, -0.25) is 9.69 Å². The van der Waals surface area contributed by atoms with Crippen LogP contribution in [0, 0.1) is 0 Å². The molecule has 5 nitrogen and oxygen atoms in total. The van der Waals surface area contributed by atoms with Crippen molar-refractivity contribution in [3.63, 3.8) is 0 Å². The number of esters is 1. The van der Waals surface area contributed by atoms with Gasteiger partial charge in [0, 0.05) is 25.5 Å². The van der Waals surface area contributed by atoms with E-state index in [4.69, 9.17) is 4.74 Å². The van der Waals surface area contributed by atoms with Crippen LogP contribution in [-0.2, 0) is 22.6 Å². The normalized spacial score (nSPS) is 17.2. The fraction of sp³-hybridized carbons (Fsp3) is 0.692. The second-order valence-electron chi connectivity index (χ2n) is 4.69. The predicted molar refractivity (Wildman–Crippen MR) is 68.0 cm³/mol. The first-order valence-electron chi connectivity index (χ1n) is 6.58. The van der Waals surface area contributed by atoms with Crippen molar-refractivity contribution in [3.8, 4) is 0 Å². The second kappa shape index (κ2) is 6.00. The number of hydrogen-bond donors (Lipinski definition) is 0. The smallest absolute Gasteiger partial charge is 0.323 e. The van der Waals surface area contributed by atoms with Crippen LogP contribution < -0.4 is 0 Å². The van der Waals surface area contributed by atoms with Crippen LogP contribution in [0.3, 0.4) is 0 Å². The van der Waals surface area contributed by atoms with Crippen LogP contribution in [0.1, 0.15) is 32.0 Å². The van der Waals surface area contributed by atoms with Gasteiger partial charge in [-0.2, -0.15) is 0 Å². The van der Waals surface area contributed by atoms with Gasteiger partial charge in [-0.1, -0.05) is 19.8 Å². The van der Waals surface area contributed by atoms with Gasteiger partial charge in [-0.25, -0.2) is 4.98 Å². The van der Waals surface area contributed by atoms with Gasteiger partial charge >= 0.3 is 5.97 Å². The molecule has 1 aromatic heterocycles. The molecule has 0 radical (unpaired) electrons. The first-order chi connectivity index (χ1) is 8.76. The molecule has 0 aromatic carbocycles. The summed E-state index contributed by atoms with van der Waals surface area (Å²) < 4.78 is 7.07. The van der Waals surface area contributed by atoms with Gasteiger partial charge in [-0.15, -0.1) is 0 Å². The molecule has 0 aliphatic carbocycles. The molecular formula is C13H21N3O2. The fourth-order valence-corrected chi connectivity index (χ4v) is 2.44. The molecule has 0 amide bonds. The van der Waals surface area contributed by atoms with Crippen LogP contribution in [0.15, 0.2) is 12.4 Å². The van der Waals surface area contributed by atoms with E-state index in [0.29, 0.717) is 0 Å². The summed E-state index contributed by atoms with van der Waals surface area (Å²) in [5.74, 6) is 0.912. The topological polar surface area (TPSA) is 47.4 Å². The maximum atomic E-state index is 11.9. The lowest BCUT2D eigenvalue weighted by Gasteiger charge is -2.33. The molecule has 2 heterocycles. The number of nitrogens with zero attached hydrogens (tertiary/aromatic N) is 3. The molecule has 2 rings (SSSR count). The van der Waals surface area contributed by atoms with Gasteiger partial charge in [0.05, 0.1) is 13.7 Å². The Balaban J connectivity index is 2.05. The fourth-order valence-electron chi connectivity index (χ4n) is 2.44. The highest BCUT2D eigenvalue weighted by atomic mass is 16.5. The van der Waals surface area contributed by atoms with Crippen LogP contribution in [0.5, 0.6) is 0 Å². The number of carbonyl (C=O) groups is 1. The van der Waals surface area contributed by atoms with E-state index < -0.39 is 0 Å². The van der Waals surface area contributed by atoms with Crippen molar-refractivity contribution in [3.05, 3.63) is 18.2 Å². The van der Waals surface area contributed by atoms with E-state index in [1.807, 2.05) is 12.4 Å². The average molecular weight is 251 g/mol. The lowest BCUT2D eigenvalue weighted by Crippen LogP contribution is -2.45. The van der Waals surface area contributed by atoms with Crippen LogP contribution >= 0.6 is 0 Å². The summed E-state index contributed by atoms with van der Waals surface area (Å²) in [5, 5.41) is 0. The predicted octanol–water partition coefficient (Wildman–Crippen LogP) is 1.43. The van der Waals surface area contributed by atoms with E-state index in [9.17, 15) is 4.79 Å². The third-order valence-corrected chi connectivity index (χ3v) is 3.52. The summed E-state index contributed by atoms with van der Waals surface area (Å²) in [7, 11) is 1.46. The van der Waals surface area contributed by atoms with E-state index >= 15 is 0 Å². The molecule has 0 fully saturated rings. The summed E-state index contributed by atoms with van der Waals surface area (Å²) in [4.78, 5) is 18.4. The average Bonchev–Trinajstić information content (AvgIpc) is 2.86. The van der Waals surface area contributed by atoms with Crippen LogP contribution in [0.25, 0.3) is 0 Å². The van der Waals surface area contributed by atoms with Crippen LogP contribution in [-0.4, -0.2) is 40.1 Å². The first-order valence-corrected chi connectivity index (χ1v) is 6.58. The SMILES string of the molecule is CCCCC(C(=O)OC)N1CCn2ccnc2C1. The Labute approximate surface area is 108 Å². The lowest BCUT2D eigenvalue weighted by atomic mass is 10.1. The Morgan fingerprint density at radius 1 is 1.56 bits per heavy atom. The molecule has 1 unspecified atom stereocenters. The quantitative estimate of drug-likeness (QED) is 0.743. The standard InChI is InChI=1S/C13H21N3O2/c1-3-4-5-11(13(17)18-2)16-9-8-15-7-6-14-12(15)10-16/h6-7,11H,3-5,8-10H2,1-2H3. The van der Waals surface area contributed by atoms with Crippen molar-refractivity contribution in [1.82, 2.24) is 14.5 Å². The third-order valence-electron chi connectivity index (χ3n) is 3.52. The number of aromatic nitrogens is 2. The highest BCUT2D eigenvalue weighted by Gasteiger charge is 2.29. The molecule has 0 spiro atoms. The van der Waals surface area contributed by atoms with E-state index in [0.717, 1.165) is 44.7 Å². The minimum atomic E-state index is -0.125. The zero-order chi connectivity index (χ0) is 13.0. The molecular weight excluding hydrogens is 230 g/mol. The Morgan fingerprint density at radius 2 is 2.39 bits per heavy atom. The van der Waals surface area contributed by atoms with E-state index in [-0.39, 0.29) is 12.0 Å². The van der Waals surface area contributed by atoms with Crippen molar-refractivity contribution < 1.29 is 9.53 Å². The number of rotatable bonds is 5. The Morgan fingerprint density at radius 3 is 3.11 bits per heavy atom. The molecule has 0 N–H and O–H groups in total. The highest BCUT2D eigenvalue weighted by Crippen LogP contribution is 2.17. The molecule has 18 heavy (non-hydrogen) atoms. The van der Waals surface area contributed by atoms with Gasteiger partial charge in [0.2, 0.25) is 0 Å². The minimum absolute atomic E-state index is 0.122. The summed E-state index contributed by atoms with van der Waals surface area (Å²) in [6.45, 7) is 4.65. The monoisotopic (exact) mass is 251 g/mol. The minimum Gasteiger partial charge on any atom is -0.468 e. The van der Waals surface area contributed by atoms with E-state index in [2.05, 4.69) is 21.4 Å². The van der Waals surface area contributed by atoms with E-state index in [1.165, 1.54) is 7.11 Å². The molecule has 1 atom stereocenters. The van der Waals surface area contributed by atoms with Crippen LogP contribution in [0.4, 0.5) is 0 Å². The Kier molecular flexibility index (Phi) is 4.36. The van der Waals surface area contributed by atoms with Crippen molar-refractivity contribution in [1.29, 1.82) is 0 Å². The van der Waals surface area contributed by atoms with Crippen molar-refractivity contribution >= 4 is 5.97 Å². The lowest BCUT2D eigenvalue weighted by molar-refractivity contribution is -0.148. The van der Waals surface area contributed by atoms with E-state index in [1.54, 1.807) is 0 Å². The van der Waals surface area contributed by atoms with Crippen molar-refractivity contribution in [2.24, 2.45) is 0 Å². The first kappa shape index (κ1) is 13.1. The van der Waals surface area contributed by atoms with Crippen molar-refractivity contribution in [2.45, 2.75) is 45.3 Å². The highest BCUT2D eigenvalue weighted by molar-refractivity contribution is 5.75. The Hall–Kier alpha value is -1.36. The van der Waals surface area contributed by atoms with Gasteiger partial charge in [0.25, 0.3) is 0 Å².